The Bertz CT molecular complexity index is 425. The molecule has 0 aliphatic rings. The number of unbranched alkanes of at least 4 members (excludes halogenated alkanes) is 2. The molecule has 0 radical (unpaired) electrons. The molecule has 21 heavy (non-hydrogen) atoms. The summed E-state index contributed by atoms with van der Waals surface area (Å²) in [6.45, 7) is 7.39. The maximum absolute atomic E-state index is 5.81. The van der Waals surface area contributed by atoms with Gasteiger partial charge in [-0.3, -0.25) is 0 Å². The number of nitrogens with one attached hydrogen (secondary N) is 1. The largest absolute Gasteiger partial charge is 0.496 e. The van der Waals surface area contributed by atoms with Crippen molar-refractivity contribution in [2.24, 2.45) is 5.92 Å². The van der Waals surface area contributed by atoms with Crippen LogP contribution in [0.1, 0.15) is 33.1 Å². The van der Waals surface area contributed by atoms with Crippen molar-refractivity contribution in [1.29, 1.82) is 0 Å². The van der Waals surface area contributed by atoms with Crippen molar-refractivity contribution in [1.82, 2.24) is 5.32 Å². The van der Waals surface area contributed by atoms with E-state index in [-0.39, 0.29) is 0 Å². The Morgan fingerprint density at radius 1 is 1.05 bits per heavy atom. The van der Waals surface area contributed by atoms with Crippen molar-refractivity contribution in [3.8, 4) is 11.5 Å². The molecule has 1 N–H and O–H groups in total. The lowest BCUT2D eigenvalue weighted by atomic mass is 10.2. The summed E-state index contributed by atoms with van der Waals surface area (Å²) in [4.78, 5) is 0. The molecule has 0 spiro atoms. The second-order valence-electron chi connectivity index (χ2n) is 5.42. The summed E-state index contributed by atoms with van der Waals surface area (Å²) < 4.78 is 12.9. The molecular formula is C16H25Br2NO2. The Labute approximate surface area is 145 Å². The first-order valence-corrected chi connectivity index (χ1v) is 8.99. The van der Waals surface area contributed by atoms with Crippen LogP contribution >= 0.6 is 31.9 Å². The Morgan fingerprint density at radius 2 is 1.71 bits per heavy atom. The standard InChI is InChI=1S/C16H25Br2NO2/c1-12(2)11-19-7-5-4-6-8-21-16-10-13(17)15(20-3)9-14(16)18/h9-10,12,19H,4-8,11H2,1-3H3. The maximum Gasteiger partial charge on any atom is 0.134 e. The molecule has 0 saturated heterocycles. The molecule has 0 bridgehead atoms. The van der Waals surface area contributed by atoms with Crippen LogP contribution in [0.5, 0.6) is 11.5 Å². The molecule has 3 nitrogen and oxygen atoms in total. The lowest BCUT2D eigenvalue weighted by molar-refractivity contribution is 0.302. The average molecular weight is 423 g/mol. The topological polar surface area (TPSA) is 30.5 Å². The van der Waals surface area contributed by atoms with Gasteiger partial charge < -0.3 is 14.8 Å². The Balaban J connectivity index is 2.20. The van der Waals surface area contributed by atoms with E-state index in [1.807, 2.05) is 12.1 Å². The van der Waals surface area contributed by atoms with Crippen molar-refractivity contribution in [2.45, 2.75) is 33.1 Å². The zero-order valence-corrected chi connectivity index (χ0v) is 16.2. The summed E-state index contributed by atoms with van der Waals surface area (Å²) in [7, 11) is 1.65. The van der Waals surface area contributed by atoms with Gasteiger partial charge in [-0.15, -0.1) is 0 Å². The summed E-state index contributed by atoms with van der Waals surface area (Å²) in [6, 6.07) is 3.85. The molecule has 1 rings (SSSR count). The van der Waals surface area contributed by atoms with E-state index in [9.17, 15) is 0 Å². The van der Waals surface area contributed by atoms with Gasteiger partial charge in [-0.1, -0.05) is 13.8 Å². The van der Waals surface area contributed by atoms with Crippen LogP contribution in [0.25, 0.3) is 0 Å². The van der Waals surface area contributed by atoms with Gasteiger partial charge in [0, 0.05) is 0 Å². The third-order valence-electron chi connectivity index (χ3n) is 3.01. The first-order chi connectivity index (χ1) is 10.0. The highest BCUT2D eigenvalue weighted by Gasteiger charge is 2.07. The molecule has 0 aliphatic carbocycles. The smallest absolute Gasteiger partial charge is 0.134 e. The van der Waals surface area contributed by atoms with Crippen LogP contribution in [0.4, 0.5) is 0 Å². The van der Waals surface area contributed by atoms with E-state index in [0.29, 0.717) is 0 Å². The lowest BCUT2D eigenvalue weighted by Crippen LogP contribution is -2.20. The van der Waals surface area contributed by atoms with Gasteiger partial charge in [-0.2, -0.15) is 0 Å². The summed E-state index contributed by atoms with van der Waals surface area (Å²) in [6.07, 6.45) is 3.45. The van der Waals surface area contributed by atoms with E-state index in [4.69, 9.17) is 9.47 Å². The minimum absolute atomic E-state index is 0.721. The quantitative estimate of drug-likeness (QED) is 0.537. The predicted molar refractivity (Wildman–Crippen MR) is 95.4 cm³/mol. The Morgan fingerprint density at radius 3 is 2.38 bits per heavy atom. The first-order valence-electron chi connectivity index (χ1n) is 7.41. The molecule has 0 atom stereocenters. The van der Waals surface area contributed by atoms with Gasteiger partial charge in [0.1, 0.15) is 11.5 Å². The minimum Gasteiger partial charge on any atom is -0.496 e. The third kappa shape index (κ3) is 7.52. The van der Waals surface area contributed by atoms with Gasteiger partial charge in [-0.25, -0.2) is 0 Å². The van der Waals surface area contributed by atoms with Gasteiger partial charge in [0.15, 0.2) is 0 Å². The van der Waals surface area contributed by atoms with Crippen LogP contribution in [-0.4, -0.2) is 26.8 Å². The van der Waals surface area contributed by atoms with Crippen molar-refractivity contribution < 1.29 is 9.47 Å². The van der Waals surface area contributed by atoms with Gasteiger partial charge >= 0.3 is 0 Å². The van der Waals surface area contributed by atoms with Crippen LogP contribution in [0.2, 0.25) is 0 Å². The zero-order valence-electron chi connectivity index (χ0n) is 13.0. The second kappa shape index (κ2) is 10.5. The number of halogens is 2. The number of ether oxygens (including phenoxy) is 2. The molecule has 5 heteroatoms. The van der Waals surface area contributed by atoms with E-state index in [1.165, 1.54) is 12.8 Å². The van der Waals surface area contributed by atoms with Gasteiger partial charge in [0.05, 0.1) is 22.7 Å². The van der Waals surface area contributed by atoms with Crippen molar-refractivity contribution in [3.05, 3.63) is 21.1 Å². The fourth-order valence-electron chi connectivity index (χ4n) is 1.88. The zero-order chi connectivity index (χ0) is 15.7. The highest BCUT2D eigenvalue weighted by Crippen LogP contribution is 2.36. The Kier molecular flexibility index (Phi) is 9.36. The second-order valence-corrected chi connectivity index (χ2v) is 7.13. The average Bonchev–Trinajstić information content (AvgIpc) is 2.44. The molecular weight excluding hydrogens is 398 g/mol. The summed E-state index contributed by atoms with van der Waals surface area (Å²) in [5, 5.41) is 3.45. The van der Waals surface area contributed by atoms with E-state index in [0.717, 1.165) is 52.5 Å². The summed E-state index contributed by atoms with van der Waals surface area (Å²) >= 11 is 6.97. The lowest BCUT2D eigenvalue weighted by Gasteiger charge is -2.11. The molecule has 1 aromatic carbocycles. The molecule has 0 amide bonds. The van der Waals surface area contributed by atoms with Crippen molar-refractivity contribution in [3.63, 3.8) is 0 Å². The maximum atomic E-state index is 5.81. The van der Waals surface area contributed by atoms with Gasteiger partial charge in [0.2, 0.25) is 0 Å². The number of rotatable bonds is 10. The predicted octanol–water partition coefficient (Wildman–Crippen LogP) is 5.01. The molecule has 1 aromatic rings. The third-order valence-corrected chi connectivity index (χ3v) is 4.25. The van der Waals surface area contributed by atoms with Crippen molar-refractivity contribution >= 4 is 31.9 Å². The van der Waals surface area contributed by atoms with Crippen LogP contribution in [0.15, 0.2) is 21.1 Å². The van der Waals surface area contributed by atoms with Gasteiger partial charge in [-0.05, 0) is 82.3 Å². The van der Waals surface area contributed by atoms with E-state index >= 15 is 0 Å². The normalized spacial score (nSPS) is 11.0. The number of benzene rings is 1. The van der Waals surface area contributed by atoms with Crippen LogP contribution in [-0.2, 0) is 0 Å². The van der Waals surface area contributed by atoms with Crippen molar-refractivity contribution in [2.75, 3.05) is 26.8 Å². The summed E-state index contributed by atoms with van der Waals surface area (Å²) in [5.74, 6) is 2.37. The Hall–Kier alpha value is -0.260. The number of hydrogen-bond donors (Lipinski definition) is 1. The summed E-state index contributed by atoms with van der Waals surface area (Å²) in [5.41, 5.74) is 0. The fourth-order valence-corrected chi connectivity index (χ4v) is 2.80. The fraction of sp³-hybridized carbons (Fsp3) is 0.625. The first kappa shape index (κ1) is 18.8. The SMILES string of the molecule is COc1cc(Br)c(OCCCCCNCC(C)C)cc1Br. The van der Waals surface area contributed by atoms with Crippen LogP contribution in [0.3, 0.4) is 0 Å². The number of hydrogen-bond acceptors (Lipinski definition) is 3. The van der Waals surface area contributed by atoms with Gasteiger partial charge in [0.25, 0.3) is 0 Å². The van der Waals surface area contributed by atoms with E-state index < -0.39 is 0 Å². The minimum atomic E-state index is 0.721. The number of methoxy groups -OCH3 is 1. The molecule has 0 aromatic heterocycles. The van der Waals surface area contributed by atoms with E-state index in [1.54, 1.807) is 7.11 Å². The highest BCUT2D eigenvalue weighted by atomic mass is 79.9. The molecule has 0 aliphatic heterocycles. The highest BCUT2D eigenvalue weighted by molar-refractivity contribution is 9.11. The molecule has 0 fully saturated rings. The van der Waals surface area contributed by atoms with Crippen LogP contribution < -0.4 is 14.8 Å². The molecule has 0 saturated carbocycles. The molecule has 0 unspecified atom stereocenters. The molecule has 120 valence electrons. The van der Waals surface area contributed by atoms with Crippen LogP contribution in [0, 0.1) is 5.92 Å². The monoisotopic (exact) mass is 421 g/mol. The molecule has 0 heterocycles. The van der Waals surface area contributed by atoms with E-state index in [2.05, 4.69) is 51.0 Å².